The average Bonchev–Trinajstić information content (AvgIpc) is 3.23. The van der Waals surface area contributed by atoms with E-state index in [1.165, 1.54) is 37.7 Å². The number of fused-ring (bicyclic) bond motifs is 3. The highest BCUT2D eigenvalue weighted by Gasteiger charge is 2.81. The van der Waals surface area contributed by atoms with Gasteiger partial charge in [0.15, 0.2) is 5.78 Å². The second-order valence-corrected chi connectivity index (χ2v) is 9.55. The second kappa shape index (κ2) is 4.57. The van der Waals surface area contributed by atoms with E-state index in [1.54, 1.807) is 0 Å². The number of allylic oxidation sites excluding steroid dienone is 4. The zero-order chi connectivity index (χ0) is 16.9. The van der Waals surface area contributed by atoms with E-state index in [2.05, 4.69) is 31.2 Å². The number of ether oxygens (including phenoxy) is 1. The third-order valence-electron chi connectivity index (χ3n) is 9.39. The zero-order valence-corrected chi connectivity index (χ0v) is 15.2. The molecule has 0 aromatic carbocycles. The van der Waals surface area contributed by atoms with Crippen LogP contribution in [0.2, 0.25) is 0 Å². The summed E-state index contributed by atoms with van der Waals surface area (Å²) in [6.07, 6.45) is 20.0. The standard InChI is InChI=1S/C23H28O2/c1-2-22-10-8-19-18-6-5-17(24)12-15(18)4-7-20(19)21(22)13-16(14-21)23(22)9-3-11-25-23/h3-4,7,9,12,16,18-20H,2,5-6,8,10-11,13-14H2,1H3/t16?,18?,19?,20?,21?,22?,23-/m0/s1. The first-order valence-corrected chi connectivity index (χ1v) is 10.4. The Morgan fingerprint density at radius 2 is 2.16 bits per heavy atom. The van der Waals surface area contributed by atoms with Crippen molar-refractivity contribution in [1.29, 1.82) is 0 Å². The molecule has 2 heteroatoms. The Labute approximate surface area is 150 Å². The molecular formula is C23H28O2. The van der Waals surface area contributed by atoms with Crippen LogP contribution < -0.4 is 0 Å². The highest BCUT2D eigenvalue weighted by Crippen LogP contribution is 2.83. The number of ketones is 1. The van der Waals surface area contributed by atoms with Crippen LogP contribution in [0.3, 0.4) is 0 Å². The molecule has 2 bridgehead atoms. The van der Waals surface area contributed by atoms with Crippen LogP contribution in [-0.2, 0) is 9.53 Å². The van der Waals surface area contributed by atoms with Crippen molar-refractivity contribution < 1.29 is 9.53 Å². The highest BCUT2D eigenvalue weighted by atomic mass is 16.5. The van der Waals surface area contributed by atoms with E-state index < -0.39 is 0 Å². The summed E-state index contributed by atoms with van der Waals surface area (Å²) in [5.74, 6) is 3.16. The lowest BCUT2D eigenvalue weighted by Gasteiger charge is -2.61. The molecule has 0 saturated heterocycles. The molecule has 132 valence electrons. The van der Waals surface area contributed by atoms with Gasteiger partial charge in [-0.1, -0.05) is 31.2 Å². The van der Waals surface area contributed by atoms with Crippen LogP contribution in [-0.4, -0.2) is 18.0 Å². The molecule has 0 amide bonds. The lowest BCUT2D eigenvalue weighted by Crippen LogP contribution is -2.56. The van der Waals surface area contributed by atoms with Crippen molar-refractivity contribution >= 4 is 5.78 Å². The van der Waals surface area contributed by atoms with Crippen molar-refractivity contribution in [2.24, 2.45) is 34.5 Å². The minimum Gasteiger partial charge on any atom is -0.366 e. The first-order chi connectivity index (χ1) is 12.2. The van der Waals surface area contributed by atoms with Gasteiger partial charge in [0.05, 0.1) is 12.2 Å². The summed E-state index contributed by atoms with van der Waals surface area (Å²) < 4.78 is 6.52. The van der Waals surface area contributed by atoms with Crippen LogP contribution in [0.25, 0.3) is 0 Å². The Bertz CT molecular complexity index is 737. The third-order valence-corrected chi connectivity index (χ3v) is 9.39. The van der Waals surface area contributed by atoms with Crippen LogP contribution in [0, 0.1) is 34.5 Å². The fourth-order valence-electron chi connectivity index (χ4n) is 8.60. The summed E-state index contributed by atoms with van der Waals surface area (Å²) in [5.41, 5.74) is 2.17. The Hall–Kier alpha value is -1.15. The van der Waals surface area contributed by atoms with E-state index >= 15 is 0 Å². The minimum absolute atomic E-state index is 0.0409. The van der Waals surface area contributed by atoms with Crippen molar-refractivity contribution in [3.63, 3.8) is 0 Å². The van der Waals surface area contributed by atoms with Crippen LogP contribution in [0.1, 0.15) is 51.9 Å². The molecule has 4 saturated carbocycles. The third kappa shape index (κ3) is 1.45. The SMILES string of the molecule is CCC12CCC3C4CCC(=O)C=C4C=CC3C13CC(C3)[C@@]21C=CCO1. The summed E-state index contributed by atoms with van der Waals surface area (Å²) in [7, 11) is 0. The molecule has 7 aliphatic rings. The molecule has 4 unspecified atom stereocenters. The maximum absolute atomic E-state index is 11.9. The predicted molar refractivity (Wildman–Crippen MR) is 96.9 cm³/mol. The van der Waals surface area contributed by atoms with Gasteiger partial charge < -0.3 is 4.74 Å². The fraction of sp³-hybridized carbons (Fsp3) is 0.696. The van der Waals surface area contributed by atoms with Gasteiger partial charge >= 0.3 is 0 Å². The van der Waals surface area contributed by atoms with E-state index in [1.807, 2.05) is 6.08 Å². The van der Waals surface area contributed by atoms with Crippen molar-refractivity contribution in [2.75, 3.05) is 6.61 Å². The summed E-state index contributed by atoms with van der Waals surface area (Å²) in [5, 5.41) is 0. The predicted octanol–water partition coefficient (Wildman–Crippen LogP) is 4.62. The molecule has 0 aromatic heterocycles. The van der Waals surface area contributed by atoms with Gasteiger partial charge in [0, 0.05) is 11.8 Å². The van der Waals surface area contributed by atoms with Gasteiger partial charge in [-0.05, 0) is 79.3 Å². The van der Waals surface area contributed by atoms with Gasteiger partial charge in [-0.2, -0.15) is 0 Å². The zero-order valence-electron chi connectivity index (χ0n) is 15.2. The number of rotatable bonds is 1. The van der Waals surface area contributed by atoms with E-state index in [0.29, 0.717) is 28.4 Å². The minimum atomic E-state index is 0.0409. The Kier molecular flexibility index (Phi) is 2.74. The van der Waals surface area contributed by atoms with Crippen LogP contribution in [0.5, 0.6) is 0 Å². The van der Waals surface area contributed by atoms with Crippen LogP contribution in [0.15, 0.2) is 36.0 Å². The monoisotopic (exact) mass is 336 g/mol. The van der Waals surface area contributed by atoms with E-state index in [9.17, 15) is 4.79 Å². The van der Waals surface area contributed by atoms with Gasteiger partial charge in [0.25, 0.3) is 0 Å². The van der Waals surface area contributed by atoms with Crippen molar-refractivity contribution in [3.8, 4) is 0 Å². The number of carbonyl (C=O) groups excluding carboxylic acids is 1. The molecule has 4 fully saturated rings. The van der Waals surface area contributed by atoms with E-state index in [-0.39, 0.29) is 5.60 Å². The van der Waals surface area contributed by atoms with Crippen molar-refractivity contribution in [2.45, 2.75) is 57.5 Å². The summed E-state index contributed by atoms with van der Waals surface area (Å²) in [4.78, 5) is 11.9. The Morgan fingerprint density at radius 3 is 2.92 bits per heavy atom. The number of hydrogen-bond acceptors (Lipinski definition) is 2. The van der Waals surface area contributed by atoms with Gasteiger partial charge in [-0.3, -0.25) is 4.79 Å². The van der Waals surface area contributed by atoms with Gasteiger partial charge in [-0.25, -0.2) is 0 Å². The lowest BCUT2D eigenvalue weighted by atomic mass is 9.43. The summed E-state index contributed by atoms with van der Waals surface area (Å²) in [6, 6.07) is 0. The number of hydrogen-bond donors (Lipinski definition) is 0. The van der Waals surface area contributed by atoms with Gasteiger partial charge in [0.1, 0.15) is 0 Å². The molecule has 6 aliphatic carbocycles. The molecule has 0 aromatic rings. The smallest absolute Gasteiger partial charge is 0.155 e. The largest absolute Gasteiger partial charge is 0.366 e. The van der Waals surface area contributed by atoms with Gasteiger partial charge in [0.2, 0.25) is 0 Å². The molecule has 2 spiro atoms. The molecule has 25 heavy (non-hydrogen) atoms. The highest BCUT2D eigenvalue weighted by molar-refractivity contribution is 5.92. The quantitative estimate of drug-likeness (QED) is 0.653. The normalized spacial score (nSPS) is 54.8. The Morgan fingerprint density at radius 1 is 1.28 bits per heavy atom. The second-order valence-electron chi connectivity index (χ2n) is 9.55. The maximum atomic E-state index is 11.9. The average molecular weight is 336 g/mol. The molecule has 0 radical (unpaired) electrons. The molecule has 1 aliphatic heterocycles. The van der Waals surface area contributed by atoms with E-state index in [0.717, 1.165) is 31.3 Å². The fourth-order valence-corrected chi connectivity index (χ4v) is 8.60. The first-order valence-electron chi connectivity index (χ1n) is 10.4. The molecule has 2 nitrogen and oxygen atoms in total. The maximum Gasteiger partial charge on any atom is 0.155 e. The molecular weight excluding hydrogens is 308 g/mol. The topological polar surface area (TPSA) is 26.3 Å². The van der Waals surface area contributed by atoms with Crippen molar-refractivity contribution in [3.05, 3.63) is 36.0 Å². The molecule has 5 atom stereocenters. The lowest BCUT2D eigenvalue weighted by molar-refractivity contribution is -0.132. The van der Waals surface area contributed by atoms with E-state index in [4.69, 9.17) is 4.74 Å². The van der Waals surface area contributed by atoms with Gasteiger partial charge in [-0.15, -0.1) is 0 Å². The Balaban J connectivity index is 1.47. The summed E-state index contributed by atoms with van der Waals surface area (Å²) >= 11 is 0. The van der Waals surface area contributed by atoms with Crippen molar-refractivity contribution in [1.82, 2.24) is 0 Å². The summed E-state index contributed by atoms with van der Waals surface area (Å²) in [6.45, 7) is 3.23. The molecule has 7 rings (SSSR count). The first kappa shape index (κ1) is 15.0. The molecule has 0 N–H and O–H groups in total. The van der Waals surface area contributed by atoms with Crippen LogP contribution >= 0.6 is 0 Å². The van der Waals surface area contributed by atoms with Crippen LogP contribution in [0.4, 0.5) is 0 Å². The molecule has 1 heterocycles. The number of carbonyl (C=O) groups is 1.